The summed E-state index contributed by atoms with van der Waals surface area (Å²) in [7, 11) is 1.82. The van der Waals surface area contributed by atoms with Crippen molar-refractivity contribution in [3.8, 4) is 0 Å². The minimum atomic E-state index is -0.324. The van der Waals surface area contributed by atoms with Gasteiger partial charge in [-0.25, -0.2) is 4.79 Å². The van der Waals surface area contributed by atoms with Crippen LogP contribution in [0.15, 0.2) is 30.3 Å². The maximum absolute atomic E-state index is 13.6. The summed E-state index contributed by atoms with van der Waals surface area (Å²) in [4.78, 5) is 34.8. The molecule has 0 bridgehead atoms. The summed E-state index contributed by atoms with van der Waals surface area (Å²) in [6, 6.07) is 9.81. The van der Waals surface area contributed by atoms with Gasteiger partial charge >= 0.3 is 6.03 Å². The predicted molar refractivity (Wildman–Crippen MR) is 114 cm³/mol. The molecule has 1 aromatic carbocycles. The van der Waals surface area contributed by atoms with Gasteiger partial charge in [0.25, 0.3) is 5.91 Å². The fourth-order valence-corrected chi connectivity index (χ4v) is 5.89. The van der Waals surface area contributed by atoms with Crippen molar-refractivity contribution in [2.75, 3.05) is 20.1 Å². The van der Waals surface area contributed by atoms with Crippen LogP contribution in [0.4, 0.5) is 4.79 Å². The highest BCUT2D eigenvalue weighted by Crippen LogP contribution is 2.35. The quantitative estimate of drug-likeness (QED) is 0.827. The first kappa shape index (κ1) is 20.0. The summed E-state index contributed by atoms with van der Waals surface area (Å²) in [5.74, 6) is 0.432. The lowest BCUT2D eigenvalue weighted by atomic mass is 9.92. The third kappa shape index (κ3) is 3.33. The maximum Gasteiger partial charge on any atom is 0.328 e. The molecule has 30 heavy (non-hydrogen) atoms. The van der Waals surface area contributed by atoms with E-state index in [0.717, 1.165) is 18.7 Å². The Hall–Kier alpha value is -1.96. The van der Waals surface area contributed by atoms with Gasteiger partial charge in [-0.05, 0) is 24.3 Å². The standard InChI is InChI=1S/C23H33N5O2/c1-16-13-26(18-11-7-4-8-12-18)22-24-20-19(27(22)14-16)21(29)28(23(30)25(20)2)15-17-9-5-3-6-10-17/h3,5-6,9-10,16,18-20,22,24H,4,7-8,11-15H2,1-2H3. The van der Waals surface area contributed by atoms with Crippen LogP contribution in [0.25, 0.3) is 0 Å². The Labute approximate surface area is 179 Å². The number of rotatable bonds is 3. The molecule has 4 atom stereocenters. The van der Waals surface area contributed by atoms with Gasteiger partial charge in [-0.15, -0.1) is 0 Å². The Bertz CT molecular complexity index is 796. The van der Waals surface area contributed by atoms with Crippen LogP contribution in [-0.4, -0.2) is 76.2 Å². The van der Waals surface area contributed by atoms with Crippen LogP contribution in [0.1, 0.15) is 44.6 Å². The molecule has 4 fully saturated rings. The van der Waals surface area contributed by atoms with E-state index in [0.29, 0.717) is 18.5 Å². The smallest absolute Gasteiger partial charge is 0.310 e. The van der Waals surface area contributed by atoms with Crippen LogP contribution in [0.5, 0.6) is 0 Å². The lowest BCUT2D eigenvalue weighted by Crippen LogP contribution is -2.66. The molecule has 162 valence electrons. The molecular weight excluding hydrogens is 378 g/mol. The highest BCUT2D eigenvalue weighted by Gasteiger charge is 2.57. The molecule has 5 rings (SSSR count). The molecule has 1 aromatic rings. The van der Waals surface area contributed by atoms with Gasteiger partial charge < -0.3 is 4.90 Å². The number of likely N-dealkylation sites (N-methyl/N-ethyl adjacent to an activating group) is 1. The molecule has 3 saturated heterocycles. The van der Waals surface area contributed by atoms with E-state index in [1.54, 1.807) is 4.90 Å². The minimum absolute atomic E-state index is 0.0372. The van der Waals surface area contributed by atoms with Gasteiger partial charge in [-0.2, -0.15) is 0 Å². The van der Waals surface area contributed by atoms with E-state index in [1.165, 1.54) is 37.0 Å². The summed E-state index contributed by atoms with van der Waals surface area (Å²) < 4.78 is 0. The zero-order chi connectivity index (χ0) is 20.8. The highest BCUT2D eigenvalue weighted by atomic mass is 16.2. The van der Waals surface area contributed by atoms with Crippen LogP contribution < -0.4 is 5.32 Å². The molecule has 1 saturated carbocycles. The number of carbonyl (C=O) groups is 2. The average molecular weight is 412 g/mol. The zero-order valence-corrected chi connectivity index (χ0v) is 18.0. The van der Waals surface area contributed by atoms with Crippen LogP contribution in [0.2, 0.25) is 0 Å². The lowest BCUT2D eigenvalue weighted by Gasteiger charge is -2.48. The van der Waals surface area contributed by atoms with E-state index in [2.05, 4.69) is 22.0 Å². The van der Waals surface area contributed by atoms with Crippen molar-refractivity contribution < 1.29 is 9.59 Å². The molecule has 1 N–H and O–H groups in total. The largest absolute Gasteiger partial charge is 0.328 e. The number of hydrogen-bond donors (Lipinski definition) is 1. The predicted octanol–water partition coefficient (Wildman–Crippen LogP) is 2.25. The van der Waals surface area contributed by atoms with Crippen molar-refractivity contribution in [3.05, 3.63) is 35.9 Å². The molecule has 3 aliphatic heterocycles. The fraction of sp³-hybridized carbons (Fsp3) is 0.652. The van der Waals surface area contributed by atoms with Crippen molar-refractivity contribution in [2.45, 2.75) is 70.1 Å². The monoisotopic (exact) mass is 411 g/mol. The van der Waals surface area contributed by atoms with E-state index in [4.69, 9.17) is 0 Å². The first-order chi connectivity index (χ1) is 14.5. The van der Waals surface area contributed by atoms with Gasteiger partial charge in [-0.3, -0.25) is 24.8 Å². The Morgan fingerprint density at radius 2 is 1.70 bits per heavy atom. The Kier molecular flexibility index (Phi) is 5.29. The average Bonchev–Trinajstić information content (AvgIpc) is 3.15. The Morgan fingerprint density at radius 1 is 1.00 bits per heavy atom. The summed E-state index contributed by atoms with van der Waals surface area (Å²) in [5.41, 5.74) is 0.976. The number of nitrogens with zero attached hydrogens (tertiary/aromatic N) is 4. The third-order valence-corrected chi connectivity index (χ3v) is 7.35. The van der Waals surface area contributed by atoms with E-state index in [9.17, 15) is 9.59 Å². The molecule has 4 aliphatic rings. The van der Waals surface area contributed by atoms with E-state index < -0.39 is 0 Å². The third-order valence-electron chi connectivity index (χ3n) is 7.35. The van der Waals surface area contributed by atoms with E-state index in [-0.39, 0.29) is 30.4 Å². The van der Waals surface area contributed by atoms with Gasteiger partial charge in [0.05, 0.1) is 6.54 Å². The SMILES string of the molecule is CC1CN(C2CCCCC2)C2NC3C(C(=O)N(Cc4ccccc4)C(=O)N3C)N2C1. The fourth-order valence-electron chi connectivity index (χ4n) is 5.89. The van der Waals surface area contributed by atoms with Crippen molar-refractivity contribution in [3.63, 3.8) is 0 Å². The molecule has 4 unspecified atom stereocenters. The maximum atomic E-state index is 13.6. The molecule has 7 nitrogen and oxygen atoms in total. The van der Waals surface area contributed by atoms with Crippen LogP contribution >= 0.6 is 0 Å². The molecular formula is C23H33N5O2. The van der Waals surface area contributed by atoms with Crippen molar-refractivity contribution >= 4 is 11.9 Å². The van der Waals surface area contributed by atoms with Gasteiger partial charge in [0.15, 0.2) is 0 Å². The zero-order valence-electron chi connectivity index (χ0n) is 18.0. The molecule has 7 heteroatoms. The van der Waals surface area contributed by atoms with Crippen molar-refractivity contribution in [1.29, 1.82) is 0 Å². The van der Waals surface area contributed by atoms with Gasteiger partial charge in [0, 0.05) is 26.2 Å². The second kappa shape index (κ2) is 7.94. The number of nitrogens with one attached hydrogen (secondary N) is 1. The number of urea groups is 1. The number of benzene rings is 1. The van der Waals surface area contributed by atoms with Gasteiger partial charge in [0.2, 0.25) is 0 Å². The van der Waals surface area contributed by atoms with Crippen LogP contribution in [-0.2, 0) is 11.3 Å². The van der Waals surface area contributed by atoms with Gasteiger partial charge in [0.1, 0.15) is 18.5 Å². The first-order valence-electron chi connectivity index (χ1n) is 11.4. The number of hydrogen-bond acceptors (Lipinski definition) is 5. The Balaban J connectivity index is 1.42. The van der Waals surface area contributed by atoms with Crippen molar-refractivity contribution in [1.82, 2.24) is 24.9 Å². The Morgan fingerprint density at radius 3 is 2.43 bits per heavy atom. The summed E-state index contributed by atoms with van der Waals surface area (Å²) in [6.07, 6.45) is 6.15. The number of carbonyl (C=O) groups excluding carboxylic acids is 2. The summed E-state index contributed by atoms with van der Waals surface area (Å²) >= 11 is 0. The first-order valence-corrected chi connectivity index (χ1v) is 11.4. The topological polar surface area (TPSA) is 59.1 Å². The molecule has 3 amide bonds. The number of imide groups is 1. The summed E-state index contributed by atoms with van der Waals surface area (Å²) in [6.45, 7) is 4.54. The van der Waals surface area contributed by atoms with Crippen molar-refractivity contribution in [2.24, 2.45) is 5.92 Å². The van der Waals surface area contributed by atoms with E-state index in [1.807, 2.05) is 37.4 Å². The van der Waals surface area contributed by atoms with Gasteiger partial charge in [-0.1, -0.05) is 56.5 Å². The number of amides is 3. The normalized spacial score (nSPS) is 33.7. The lowest BCUT2D eigenvalue weighted by molar-refractivity contribution is -0.142. The molecule has 3 heterocycles. The van der Waals surface area contributed by atoms with Crippen LogP contribution in [0.3, 0.4) is 0 Å². The minimum Gasteiger partial charge on any atom is -0.310 e. The molecule has 0 spiro atoms. The molecule has 1 aliphatic carbocycles. The summed E-state index contributed by atoms with van der Waals surface area (Å²) in [5, 5.41) is 3.67. The number of fused-ring (bicyclic) bond motifs is 3. The van der Waals surface area contributed by atoms with Crippen LogP contribution in [0, 0.1) is 5.92 Å². The molecule has 0 aromatic heterocycles. The molecule has 0 radical (unpaired) electrons. The van der Waals surface area contributed by atoms with E-state index >= 15 is 0 Å². The second-order valence-corrected chi connectivity index (χ2v) is 9.52. The second-order valence-electron chi connectivity index (χ2n) is 9.52. The highest BCUT2D eigenvalue weighted by molar-refractivity contribution is 6.00.